The molecule has 0 bridgehead atoms. The van der Waals surface area contributed by atoms with Crippen LogP contribution in [0.5, 0.6) is 0 Å². The minimum Gasteiger partial charge on any atom is -0.287 e. The molecule has 9 heavy (non-hydrogen) atoms. The van der Waals surface area contributed by atoms with E-state index in [0.29, 0.717) is 0 Å². The predicted molar refractivity (Wildman–Crippen MR) is 46.5 cm³/mol. The summed E-state index contributed by atoms with van der Waals surface area (Å²) in [6.45, 7) is 6.56. The largest absolute Gasteiger partial charge is 0.287 e. The third kappa shape index (κ3) is 4.87. The molecule has 2 heteroatoms. The zero-order valence-corrected chi connectivity index (χ0v) is 7.71. The summed E-state index contributed by atoms with van der Waals surface area (Å²) in [6.07, 6.45) is 4.22. The van der Waals surface area contributed by atoms with Crippen LogP contribution in [0.25, 0.3) is 0 Å². The fourth-order valence-corrected chi connectivity index (χ4v) is 1.28. The van der Waals surface area contributed by atoms with Crippen LogP contribution < -0.4 is 0 Å². The Morgan fingerprint density at radius 3 is 1.67 bits per heavy atom. The minimum atomic E-state index is 1.28. The van der Waals surface area contributed by atoms with Gasteiger partial charge in [-0.3, -0.25) is 4.67 Å². The molecule has 0 amide bonds. The molecule has 1 aliphatic heterocycles. The maximum Gasteiger partial charge on any atom is 0.00161 e. The molecule has 1 atom stereocenters. The topological polar surface area (TPSA) is 3.24 Å². The van der Waals surface area contributed by atoms with Gasteiger partial charge in [0.2, 0.25) is 0 Å². The van der Waals surface area contributed by atoms with Crippen LogP contribution in [0.2, 0.25) is 0 Å². The first-order valence-corrected chi connectivity index (χ1v) is 4.41. The van der Waals surface area contributed by atoms with Crippen molar-refractivity contribution in [3.8, 4) is 0 Å². The Balaban J connectivity index is 0.000000291. The molecule has 0 spiro atoms. The smallest absolute Gasteiger partial charge is 0.00161 e. The van der Waals surface area contributed by atoms with Crippen molar-refractivity contribution in [2.45, 2.75) is 33.1 Å². The molecule has 0 aliphatic carbocycles. The van der Waals surface area contributed by atoms with Crippen molar-refractivity contribution in [1.82, 2.24) is 4.67 Å². The molecule has 0 aromatic carbocycles. The van der Waals surface area contributed by atoms with Crippen LogP contribution >= 0.6 is 9.39 Å². The van der Waals surface area contributed by atoms with Crippen molar-refractivity contribution in [2.75, 3.05) is 13.1 Å². The van der Waals surface area contributed by atoms with Crippen LogP contribution in [-0.4, -0.2) is 17.8 Å². The van der Waals surface area contributed by atoms with Crippen LogP contribution in [-0.2, 0) is 0 Å². The second-order valence-corrected chi connectivity index (χ2v) is 2.83. The summed E-state index contributed by atoms with van der Waals surface area (Å²) in [7, 11) is 2.74. The lowest BCUT2D eigenvalue weighted by atomic mass is 10.2. The lowest BCUT2D eigenvalue weighted by molar-refractivity contribution is 0.379. The van der Waals surface area contributed by atoms with Gasteiger partial charge in [-0.25, -0.2) is 0 Å². The van der Waals surface area contributed by atoms with Crippen molar-refractivity contribution in [1.29, 1.82) is 0 Å². The summed E-state index contributed by atoms with van der Waals surface area (Å²) < 4.78 is 2.31. The van der Waals surface area contributed by atoms with Crippen LogP contribution in [0.15, 0.2) is 0 Å². The average Bonchev–Trinajstić information content (AvgIpc) is 1.94. The molecule has 1 unspecified atom stereocenters. The maximum atomic E-state index is 2.74. The van der Waals surface area contributed by atoms with E-state index in [9.17, 15) is 0 Å². The van der Waals surface area contributed by atoms with Gasteiger partial charge >= 0.3 is 0 Å². The highest BCUT2D eigenvalue weighted by Gasteiger charge is 2.02. The molecule has 1 saturated heterocycles. The standard InChI is InChI=1S/C5H12NP.C2H6/c7-6-4-2-1-3-5-6;1-2/h1-5,7H2;1-2H3. The lowest BCUT2D eigenvalue weighted by Gasteiger charge is -2.20. The average molecular weight is 147 g/mol. The molecule has 0 radical (unpaired) electrons. The molecule has 1 heterocycles. The second-order valence-electron chi connectivity index (χ2n) is 2.10. The van der Waals surface area contributed by atoms with Gasteiger partial charge < -0.3 is 0 Å². The highest BCUT2D eigenvalue weighted by Crippen LogP contribution is 2.11. The molecule has 1 aliphatic rings. The van der Waals surface area contributed by atoms with Gasteiger partial charge in [-0.2, -0.15) is 0 Å². The summed E-state index contributed by atoms with van der Waals surface area (Å²) in [4.78, 5) is 0. The SMILES string of the molecule is CC.PN1CCCCC1. The summed E-state index contributed by atoms with van der Waals surface area (Å²) in [5, 5.41) is 0. The van der Waals surface area contributed by atoms with Crippen molar-refractivity contribution in [3.05, 3.63) is 0 Å². The summed E-state index contributed by atoms with van der Waals surface area (Å²) >= 11 is 0. The summed E-state index contributed by atoms with van der Waals surface area (Å²) in [6, 6.07) is 0. The van der Waals surface area contributed by atoms with E-state index < -0.39 is 0 Å². The molecule has 1 rings (SSSR count). The van der Waals surface area contributed by atoms with E-state index >= 15 is 0 Å². The quantitative estimate of drug-likeness (QED) is 0.475. The first kappa shape index (κ1) is 9.39. The maximum absolute atomic E-state index is 2.74. The Bertz CT molecular complexity index is 50.9. The van der Waals surface area contributed by atoms with Crippen molar-refractivity contribution in [3.63, 3.8) is 0 Å². The van der Waals surface area contributed by atoms with Crippen LogP contribution in [0.4, 0.5) is 0 Å². The van der Waals surface area contributed by atoms with Gasteiger partial charge in [0.25, 0.3) is 0 Å². The molecule has 0 aromatic heterocycles. The van der Waals surface area contributed by atoms with Crippen molar-refractivity contribution in [2.24, 2.45) is 0 Å². The molecular weight excluding hydrogens is 129 g/mol. The van der Waals surface area contributed by atoms with Crippen molar-refractivity contribution >= 4 is 9.39 Å². The Labute approximate surface area is 61.1 Å². The summed E-state index contributed by atoms with van der Waals surface area (Å²) in [5.41, 5.74) is 0. The lowest BCUT2D eigenvalue weighted by Crippen LogP contribution is -2.18. The van der Waals surface area contributed by atoms with E-state index in [4.69, 9.17) is 0 Å². The fourth-order valence-electron chi connectivity index (χ4n) is 0.918. The second kappa shape index (κ2) is 6.51. The summed E-state index contributed by atoms with van der Waals surface area (Å²) in [5.74, 6) is 0. The zero-order valence-electron chi connectivity index (χ0n) is 6.56. The Hall–Kier alpha value is 0.390. The Kier molecular flexibility index (Phi) is 6.79. The monoisotopic (exact) mass is 147 g/mol. The minimum absolute atomic E-state index is 1.28. The number of hydrogen-bond acceptors (Lipinski definition) is 1. The van der Waals surface area contributed by atoms with E-state index in [1.165, 1.54) is 32.4 Å². The number of rotatable bonds is 0. The third-order valence-corrected chi connectivity index (χ3v) is 1.91. The molecular formula is C7H18NP. The van der Waals surface area contributed by atoms with Crippen molar-refractivity contribution < 1.29 is 0 Å². The third-order valence-electron chi connectivity index (χ3n) is 1.39. The van der Waals surface area contributed by atoms with Crippen LogP contribution in [0.3, 0.4) is 0 Å². The number of hydrogen-bond donors (Lipinski definition) is 0. The Morgan fingerprint density at radius 1 is 1.00 bits per heavy atom. The van der Waals surface area contributed by atoms with Gasteiger partial charge in [0.15, 0.2) is 0 Å². The van der Waals surface area contributed by atoms with Gasteiger partial charge in [0.1, 0.15) is 0 Å². The number of piperidine rings is 1. The van der Waals surface area contributed by atoms with E-state index in [0.717, 1.165) is 0 Å². The fraction of sp³-hybridized carbons (Fsp3) is 1.00. The van der Waals surface area contributed by atoms with E-state index in [1.807, 2.05) is 13.8 Å². The normalized spacial score (nSPS) is 20.3. The highest BCUT2D eigenvalue weighted by atomic mass is 31.0. The van der Waals surface area contributed by atoms with Gasteiger partial charge in [-0.1, -0.05) is 29.7 Å². The molecule has 1 nitrogen and oxygen atoms in total. The van der Waals surface area contributed by atoms with E-state index in [2.05, 4.69) is 14.1 Å². The van der Waals surface area contributed by atoms with E-state index in [1.54, 1.807) is 0 Å². The van der Waals surface area contributed by atoms with Gasteiger partial charge in [0, 0.05) is 13.1 Å². The van der Waals surface area contributed by atoms with Crippen LogP contribution in [0, 0.1) is 0 Å². The Morgan fingerprint density at radius 2 is 1.44 bits per heavy atom. The number of nitrogens with zero attached hydrogens (tertiary/aromatic N) is 1. The van der Waals surface area contributed by atoms with Crippen LogP contribution in [0.1, 0.15) is 33.1 Å². The molecule has 0 aromatic rings. The first-order chi connectivity index (χ1) is 4.39. The van der Waals surface area contributed by atoms with Gasteiger partial charge in [-0.05, 0) is 12.8 Å². The first-order valence-electron chi connectivity index (χ1n) is 3.89. The zero-order chi connectivity index (χ0) is 7.11. The molecule has 0 saturated carbocycles. The predicted octanol–water partition coefficient (Wildman–Crippen LogP) is 2.29. The van der Waals surface area contributed by atoms with Gasteiger partial charge in [-0.15, -0.1) is 0 Å². The molecule has 1 fully saturated rings. The van der Waals surface area contributed by atoms with E-state index in [-0.39, 0.29) is 0 Å². The highest BCUT2D eigenvalue weighted by molar-refractivity contribution is 7.13. The van der Waals surface area contributed by atoms with Gasteiger partial charge in [0.05, 0.1) is 0 Å². The molecule has 0 N–H and O–H groups in total. The molecule has 56 valence electrons.